The molecule has 0 aromatic heterocycles. The highest BCUT2D eigenvalue weighted by atomic mass is 16.5. The normalized spacial score (nSPS) is 16.4. The van der Waals surface area contributed by atoms with Gasteiger partial charge in [0.25, 0.3) is 0 Å². The van der Waals surface area contributed by atoms with Gasteiger partial charge in [0.15, 0.2) is 0 Å². The number of benzene rings is 1. The van der Waals surface area contributed by atoms with Crippen LogP contribution >= 0.6 is 0 Å². The molecule has 4 heteroatoms. The minimum absolute atomic E-state index is 0.133. The molecule has 112 valence electrons. The molecular weight excluding hydrogens is 252 g/mol. The first-order valence-electron chi connectivity index (χ1n) is 7.41. The Hall–Kier alpha value is -1.42. The number of hydrogen-bond donors (Lipinski definition) is 1. The maximum Gasteiger partial charge on any atom is 0.144 e. The molecule has 1 saturated heterocycles. The molecule has 2 rings (SSSR count). The third kappa shape index (κ3) is 4.04. The average molecular weight is 278 g/mol. The SMILES string of the molecule is CC(C)Oc1cc(N(C)CC2CCOCC2)ccc1N. The Balaban J connectivity index is 2.03. The van der Waals surface area contributed by atoms with E-state index < -0.39 is 0 Å². The molecule has 0 radical (unpaired) electrons. The van der Waals surface area contributed by atoms with Crippen LogP contribution in [0.15, 0.2) is 18.2 Å². The molecule has 0 amide bonds. The highest BCUT2D eigenvalue weighted by Gasteiger charge is 2.16. The molecule has 0 spiro atoms. The summed E-state index contributed by atoms with van der Waals surface area (Å²) < 4.78 is 11.2. The van der Waals surface area contributed by atoms with Crippen LogP contribution in [0.2, 0.25) is 0 Å². The highest BCUT2D eigenvalue weighted by molar-refractivity contribution is 5.62. The Bertz CT molecular complexity index is 428. The molecular formula is C16H26N2O2. The largest absolute Gasteiger partial charge is 0.489 e. The maximum atomic E-state index is 5.96. The van der Waals surface area contributed by atoms with Gasteiger partial charge in [-0.3, -0.25) is 0 Å². The van der Waals surface area contributed by atoms with Gasteiger partial charge in [0.1, 0.15) is 5.75 Å². The third-order valence-corrected chi connectivity index (χ3v) is 3.67. The number of ether oxygens (including phenoxy) is 2. The molecule has 1 aromatic carbocycles. The van der Waals surface area contributed by atoms with Gasteiger partial charge in [-0.15, -0.1) is 0 Å². The van der Waals surface area contributed by atoms with Crippen molar-refractivity contribution in [3.63, 3.8) is 0 Å². The van der Waals surface area contributed by atoms with Crippen molar-refractivity contribution < 1.29 is 9.47 Å². The lowest BCUT2D eigenvalue weighted by molar-refractivity contribution is 0.0685. The van der Waals surface area contributed by atoms with Crippen molar-refractivity contribution >= 4 is 11.4 Å². The maximum absolute atomic E-state index is 5.96. The van der Waals surface area contributed by atoms with Crippen LogP contribution in [-0.2, 0) is 4.74 Å². The van der Waals surface area contributed by atoms with E-state index in [1.54, 1.807) is 0 Å². The molecule has 4 nitrogen and oxygen atoms in total. The molecule has 2 N–H and O–H groups in total. The number of hydrogen-bond acceptors (Lipinski definition) is 4. The van der Waals surface area contributed by atoms with Crippen molar-refractivity contribution in [2.24, 2.45) is 5.92 Å². The molecule has 1 aliphatic heterocycles. The van der Waals surface area contributed by atoms with Crippen molar-refractivity contribution in [2.45, 2.75) is 32.8 Å². The van der Waals surface area contributed by atoms with Crippen molar-refractivity contribution in [2.75, 3.05) is 37.4 Å². The summed E-state index contributed by atoms with van der Waals surface area (Å²) in [5.41, 5.74) is 7.81. The molecule has 0 saturated carbocycles. The number of anilines is 2. The molecule has 0 atom stereocenters. The van der Waals surface area contributed by atoms with Gasteiger partial charge in [-0.2, -0.15) is 0 Å². The summed E-state index contributed by atoms with van der Waals surface area (Å²) in [7, 11) is 2.13. The minimum atomic E-state index is 0.133. The van der Waals surface area contributed by atoms with Crippen LogP contribution in [0.25, 0.3) is 0 Å². The van der Waals surface area contributed by atoms with Gasteiger partial charge in [0.05, 0.1) is 11.8 Å². The summed E-state index contributed by atoms with van der Waals surface area (Å²) in [6, 6.07) is 6.02. The topological polar surface area (TPSA) is 47.7 Å². The van der Waals surface area contributed by atoms with E-state index in [1.807, 2.05) is 26.0 Å². The van der Waals surface area contributed by atoms with E-state index >= 15 is 0 Å². The van der Waals surface area contributed by atoms with Crippen molar-refractivity contribution in [3.05, 3.63) is 18.2 Å². The molecule has 0 aliphatic carbocycles. The fraction of sp³-hybridized carbons (Fsp3) is 0.625. The Morgan fingerprint density at radius 2 is 2.05 bits per heavy atom. The van der Waals surface area contributed by atoms with Gasteiger partial charge in [0.2, 0.25) is 0 Å². The number of rotatable bonds is 5. The second-order valence-corrected chi connectivity index (χ2v) is 5.83. The zero-order valence-electron chi connectivity index (χ0n) is 12.8. The number of nitrogens with zero attached hydrogens (tertiary/aromatic N) is 1. The third-order valence-electron chi connectivity index (χ3n) is 3.67. The van der Waals surface area contributed by atoms with Crippen molar-refractivity contribution in [1.29, 1.82) is 0 Å². The Labute approximate surface area is 121 Å². The summed E-state index contributed by atoms with van der Waals surface area (Å²) in [6.45, 7) is 6.86. The first-order valence-corrected chi connectivity index (χ1v) is 7.41. The minimum Gasteiger partial charge on any atom is -0.489 e. The molecule has 0 unspecified atom stereocenters. The lowest BCUT2D eigenvalue weighted by Crippen LogP contribution is -2.29. The van der Waals surface area contributed by atoms with Gasteiger partial charge >= 0.3 is 0 Å². The van der Waals surface area contributed by atoms with E-state index in [2.05, 4.69) is 18.0 Å². The van der Waals surface area contributed by atoms with E-state index in [4.69, 9.17) is 15.2 Å². The summed E-state index contributed by atoms with van der Waals surface area (Å²) in [4.78, 5) is 2.28. The van der Waals surface area contributed by atoms with Crippen LogP contribution < -0.4 is 15.4 Å². The van der Waals surface area contributed by atoms with Crippen LogP contribution in [0.3, 0.4) is 0 Å². The van der Waals surface area contributed by atoms with Crippen LogP contribution in [0.1, 0.15) is 26.7 Å². The Morgan fingerprint density at radius 3 is 2.70 bits per heavy atom. The van der Waals surface area contributed by atoms with Gasteiger partial charge in [-0.05, 0) is 44.7 Å². The molecule has 1 heterocycles. The zero-order chi connectivity index (χ0) is 14.5. The van der Waals surface area contributed by atoms with Crippen LogP contribution in [0, 0.1) is 5.92 Å². The molecule has 1 fully saturated rings. The van der Waals surface area contributed by atoms with E-state index in [-0.39, 0.29) is 6.10 Å². The van der Waals surface area contributed by atoms with Gasteiger partial charge in [0, 0.05) is 38.6 Å². The number of nitrogens with two attached hydrogens (primary N) is 1. The first kappa shape index (κ1) is 15.0. The van der Waals surface area contributed by atoms with E-state index in [1.165, 1.54) is 0 Å². The van der Waals surface area contributed by atoms with Gasteiger partial charge in [-0.25, -0.2) is 0 Å². The molecule has 1 aliphatic rings. The van der Waals surface area contributed by atoms with Crippen molar-refractivity contribution in [1.82, 2.24) is 0 Å². The molecule has 0 bridgehead atoms. The molecule has 1 aromatic rings. The quantitative estimate of drug-likeness (QED) is 0.841. The highest BCUT2D eigenvalue weighted by Crippen LogP contribution is 2.29. The first-order chi connectivity index (χ1) is 9.56. The van der Waals surface area contributed by atoms with E-state index in [0.29, 0.717) is 11.6 Å². The predicted molar refractivity (Wildman–Crippen MR) is 83.4 cm³/mol. The summed E-state index contributed by atoms with van der Waals surface area (Å²) in [6.07, 6.45) is 2.43. The van der Waals surface area contributed by atoms with Crippen LogP contribution in [0.5, 0.6) is 5.75 Å². The van der Waals surface area contributed by atoms with Crippen molar-refractivity contribution in [3.8, 4) is 5.75 Å². The van der Waals surface area contributed by atoms with Crippen LogP contribution in [-0.4, -0.2) is 32.9 Å². The Morgan fingerprint density at radius 1 is 1.35 bits per heavy atom. The van der Waals surface area contributed by atoms with Gasteiger partial charge in [-0.1, -0.05) is 0 Å². The predicted octanol–water partition coefficient (Wildman–Crippen LogP) is 2.92. The van der Waals surface area contributed by atoms with E-state index in [0.717, 1.165) is 44.0 Å². The Kier molecular flexibility index (Phi) is 5.12. The zero-order valence-corrected chi connectivity index (χ0v) is 12.8. The lowest BCUT2D eigenvalue weighted by Gasteiger charge is -2.29. The van der Waals surface area contributed by atoms with Gasteiger partial charge < -0.3 is 20.1 Å². The van der Waals surface area contributed by atoms with E-state index in [9.17, 15) is 0 Å². The monoisotopic (exact) mass is 278 g/mol. The number of nitrogen functional groups attached to an aromatic ring is 1. The lowest BCUT2D eigenvalue weighted by atomic mass is 9.99. The fourth-order valence-corrected chi connectivity index (χ4v) is 2.54. The second-order valence-electron chi connectivity index (χ2n) is 5.83. The standard InChI is InChI=1S/C16H26N2O2/c1-12(2)20-16-10-14(4-5-15(16)17)18(3)11-13-6-8-19-9-7-13/h4-5,10,12-13H,6-9,11,17H2,1-3H3. The second kappa shape index (κ2) is 6.84. The summed E-state index contributed by atoms with van der Waals surface area (Å²) >= 11 is 0. The smallest absolute Gasteiger partial charge is 0.144 e. The van der Waals surface area contributed by atoms with Crippen LogP contribution in [0.4, 0.5) is 11.4 Å². The average Bonchev–Trinajstić information content (AvgIpc) is 2.42. The fourth-order valence-electron chi connectivity index (χ4n) is 2.54. The summed E-state index contributed by atoms with van der Waals surface area (Å²) in [5.74, 6) is 1.48. The molecule has 20 heavy (non-hydrogen) atoms. The summed E-state index contributed by atoms with van der Waals surface area (Å²) in [5, 5.41) is 0.